The fourth-order valence-electron chi connectivity index (χ4n) is 8.46. The van der Waals surface area contributed by atoms with Crippen LogP contribution in [0.5, 0.6) is 0 Å². The quantitative estimate of drug-likeness (QED) is 0.0344. The van der Waals surface area contributed by atoms with Gasteiger partial charge in [0, 0.05) is 19.3 Å². The number of hydrogen-bond donors (Lipinski definition) is 0. The Balaban J connectivity index is 4.30. The van der Waals surface area contributed by atoms with Gasteiger partial charge in [0.05, 0.1) is 0 Å². The molecule has 0 aliphatic carbocycles. The molecule has 0 bridgehead atoms. The number of esters is 3. The van der Waals surface area contributed by atoms with Crippen molar-refractivity contribution in [3.05, 3.63) is 0 Å². The third-order valence-corrected chi connectivity index (χ3v) is 13.4. The average Bonchev–Trinajstić information content (AvgIpc) is 3.27. The summed E-state index contributed by atoms with van der Waals surface area (Å²) in [5.74, 6) is 0.898. The van der Waals surface area contributed by atoms with E-state index in [4.69, 9.17) is 14.2 Å². The van der Waals surface area contributed by atoms with E-state index < -0.39 is 6.10 Å². The molecule has 3 atom stereocenters. The topological polar surface area (TPSA) is 78.9 Å². The van der Waals surface area contributed by atoms with E-state index in [1.54, 1.807) is 0 Å². The molecule has 6 heteroatoms. The Bertz CT molecular complexity index is 951. The predicted octanol–water partition coefficient (Wildman–Crippen LogP) is 18.1. The Morgan fingerprint density at radius 2 is 0.565 bits per heavy atom. The van der Waals surface area contributed by atoms with Crippen molar-refractivity contribution in [3.63, 3.8) is 0 Å². The number of carbonyl (C=O) groups excluding carboxylic acids is 3. The molecule has 0 aromatic rings. The highest BCUT2D eigenvalue weighted by Gasteiger charge is 2.19. The molecule has 0 amide bonds. The molecule has 0 heterocycles. The van der Waals surface area contributed by atoms with Crippen LogP contribution in [0.25, 0.3) is 0 Å². The minimum absolute atomic E-state index is 0.0633. The number of rotatable bonds is 50. The molecule has 2 unspecified atom stereocenters. The molecular weight excluding hydrogens is 769 g/mol. The first-order valence-electron chi connectivity index (χ1n) is 27.8. The van der Waals surface area contributed by atoms with Gasteiger partial charge < -0.3 is 14.2 Å². The van der Waals surface area contributed by atoms with Gasteiger partial charge in [0.1, 0.15) is 13.2 Å². The highest BCUT2D eigenvalue weighted by Crippen LogP contribution is 2.19. The summed E-state index contributed by atoms with van der Waals surface area (Å²) in [5.41, 5.74) is 0. The number of hydrogen-bond acceptors (Lipinski definition) is 6. The van der Waals surface area contributed by atoms with Gasteiger partial charge in [0.15, 0.2) is 6.10 Å². The zero-order chi connectivity index (χ0) is 45.4. The minimum atomic E-state index is -0.762. The maximum absolute atomic E-state index is 12.8. The summed E-state index contributed by atoms with van der Waals surface area (Å²) >= 11 is 0. The maximum atomic E-state index is 12.8. The summed E-state index contributed by atoms with van der Waals surface area (Å²) in [4.78, 5) is 38.0. The molecule has 0 aromatic carbocycles. The molecular formula is C56H108O6. The standard InChI is InChI=1S/C56H108O6/c1-6-9-10-11-12-13-14-15-19-22-25-31-36-41-46-54(57)60-49-53(50-61-55(58)47-42-37-32-28-27-30-35-40-45-52(5)8-3)62-56(59)48-43-38-33-26-23-20-17-16-18-21-24-29-34-39-44-51(4)7-2/h51-53H,6-50H2,1-5H3/t51?,52?,53-/m1/s1. The Kier molecular flexibility index (Phi) is 47.6. The van der Waals surface area contributed by atoms with Crippen LogP contribution in [0.4, 0.5) is 0 Å². The Morgan fingerprint density at radius 3 is 0.839 bits per heavy atom. The van der Waals surface area contributed by atoms with Crippen LogP contribution in [0.3, 0.4) is 0 Å². The van der Waals surface area contributed by atoms with Crippen molar-refractivity contribution < 1.29 is 28.6 Å². The molecule has 6 nitrogen and oxygen atoms in total. The molecule has 0 N–H and O–H groups in total. The van der Waals surface area contributed by atoms with Gasteiger partial charge >= 0.3 is 17.9 Å². The Hall–Kier alpha value is -1.59. The molecule has 368 valence electrons. The Labute approximate surface area is 387 Å². The summed E-state index contributed by atoms with van der Waals surface area (Å²) < 4.78 is 16.9. The fraction of sp³-hybridized carbons (Fsp3) is 0.946. The third-order valence-electron chi connectivity index (χ3n) is 13.4. The second-order valence-electron chi connectivity index (χ2n) is 19.7. The summed E-state index contributed by atoms with van der Waals surface area (Å²) in [6.07, 6.45) is 50.8. The van der Waals surface area contributed by atoms with Gasteiger partial charge in [-0.05, 0) is 31.1 Å². The van der Waals surface area contributed by atoms with Crippen LogP contribution in [0.15, 0.2) is 0 Å². The van der Waals surface area contributed by atoms with Gasteiger partial charge in [0.25, 0.3) is 0 Å². The van der Waals surface area contributed by atoms with E-state index in [1.807, 2.05) is 0 Å². The lowest BCUT2D eigenvalue weighted by atomic mass is 9.99. The zero-order valence-electron chi connectivity index (χ0n) is 42.5. The highest BCUT2D eigenvalue weighted by atomic mass is 16.6. The van der Waals surface area contributed by atoms with Crippen LogP contribution >= 0.6 is 0 Å². The van der Waals surface area contributed by atoms with Crippen LogP contribution in [0.1, 0.15) is 311 Å². The normalized spacial score (nSPS) is 12.9. The summed E-state index contributed by atoms with van der Waals surface area (Å²) in [5, 5.41) is 0. The molecule has 0 spiro atoms. The second kappa shape index (κ2) is 48.9. The average molecular weight is 877 g/mol. The molecule has 0 saturated heterocycles. The van der Waals surface area contributed by atoms with Crippen molar-refractivity contribution in [3.8, 4) is 0 Å². The monoisotopic (exact) mass is 877 g/mol. The van der Waals surface area contributed by atoms with Crippen molar-refractivity contribution in [1.82, 2.24) is 0 Å². The molecule has 0 aliphatic heterocycles. The number of ether oxygens (including phenoxy) is 3. The van der Waals surface area contributed by atoms with E-state index in [0.29, 0.717) is 19.3 Å². The highest BCUT2D eigenvalue weighted by molar-refractivity contribution is 5.71. The maximum Gasteiger partial charge on any atom is 0.306 e. The van der Waals surface area contributed by atoms with Gasteiger partial charge in [-0.3, -0.25) is 14.4 Å². The molecule has 0 fully saturated rings. The first-order chi connectivity index (χ1) is 30.3. The van der Waals surface area contributed by atoms with E-state index in [0.717, 1.165) is 69.6 Å². The molecule has 62 heavy (non-hydrogen) atoms. The third kappa shape index (κ3) is 46.4. The van der Waals surface area contributed by atoms with Crippen LogP contribution in [-0.2, 0) is 28.6 Å². The SMILES string of the molecule is CCCCCCCCCCCCCCCCC(=O)OC[C@H](COC(=O)CCCCCCCCCCC(C)CC)OC(=O)CCCCCCCCCCCCCCCCC(C)CC. The summed E-state index contributed by atoms with van der Waals surface area (Å²) in [6.45, 7) is 11.4. The van der Waals surface area contributed by atoms with Crippen molar-refractivity contribution in [2.24, 2.45) is 11.8 Å². The van der Waals surface area contributed by atoms with Crippen molar-refractivity contribution >= 4 is 17.9 Å². The van der Waals surface area contributed by atoms with Crippen molar-refractivity contribution in [2.45, 2.75) is 317 Å². The van der Waals surface area contributed by atoms with E-state index in [-0.39, 0.29) is 31.1 Å². The molecule has 0 rings (SSSR count). The lowest BCUT2D eigenvalue weighted by Crippen LogP contribution is -2.30. The zero-order valence-corrected chi connectivity index (χ0v) is 42.5. The first kappa shape index (κ1) is 60.4. The van der Waals surface area contributed by atoms with E-state index in [1.165, 1.54) is 199 Å². The lowest BCUT2D eigenvalue weighted by Gasteiger charge is -2.18. The van der Waals surface area contributed by atoms with Crippen molar-refractivity contribution in [1.29, 1.82) is 0 Å². The smallest absolute Gasteiger partial charge is 0.306 e. The predicted molar refractivity (Wildman–Crippen MR) is 266 cm³/mol. The van der Waals surface area contributed by atoms with E-state index in [2.05, 4.69) is 34.6 Å². The van der Waals surface area contributed by atoms with Gasteiger partial charge in [-0.25, -0.2) is 0 Å². The molecule has 0 aromatic heterocycles. The summed E-state index contributed by atoms with van der Waals surface area (Å²) in [7, 11) is 0. The first-order valence-corrected chi connectivity index (χ1v) is 27.8. The minimum Gasteiger partial charge on any atom is -0.462 e. The lowest BCUT2D eigenvalue weighted by molar-refractivity contribution is -0.167. The molecule has 0 aliphatic rings. The van der Waals surface area contributed by atoms with Crippen LogP contribution in [0.2, 0.25) is 0 Å². The number of unbranched alkanes of at least 4 members (excludes halogenated alkanes) is 33. The van der Waals surface area contributed by atoms with E-state index >= 15 is 0 Å². The number of carbonyl (C=O) groups is 3. The fourth-order valence-corrected chi connectivity index (χ4v) is 8.46. The molecule has 0 saturated carbocycles. The van der Waals surface area contributed by atoms with Gasteiger partial charge in [-0.2, -0.15) is 0 Å². The second-order valence-corrected chi connectivity index (χ2v) is 19.7. The van der Waals surface area contributed by atoms with Crippen LogP contribution in [-0.4, -0.2) is 37.2 Å². The van der Waals surface area contributed by atoms with Crippen LogP contribution in [0, 0.1) is 11.8 Å². The largest absolute Gasteiger partial charge is 0.462 e. The summed E-state index contributed by atoms with van der Waals surface area (Å²) in [6, 6.07) is 0. The van der Waals surface area contributed by atoms with Gasteiger partial charge in [0.2, 0.25) is 0 Å². The molecule has 0 radical (unpaired) electrons. The Morgan fingerprint density at radius 1 is 0.323 bits per heavy atom. The van der Waals surface area contributed by atoms with Gasteiger partial charge in [-0.15, -0.1) is 0 Å². The van der Waals surface area contributed by atoms with Crippen LogP contribution < -0.4 is 0 Å². The van der Waals surface area contributed by atoms with Gasteiger partial charge in [-0.1, -0.05) is 272 Å². The van der Waals surface area contributed by atoms with Crippen molar-refractivity contribution in [2.75, 3.05) is 13.2 Å². The van der Waals surface area contributed by atoms with E-state index in [9.17, 15) is 14.4 Å².